The number of piperidine rings is 1. The Balaban J connectivity index is 1.45. The van der Waals surface area contributed by atoms with Gasteiger partial charge in [0.15, 0.2) is 0 Å². The normalized spacial score (nSPS) is 28.7. The highest BCUT2D eigenvalue weighted by Gasteiger charge is 2.55. The molecule has 0 N–H and O–H groups in total. The summed E-state index contributed by atoms with van der Waals surface area (Å²) in [4.78, 5) is 30.0. The van der Waals surface area contributed by atoms with Gasteiger partial charge in [-0.1, -0.05) is 42.5 Å². The molecule has 4 unspecified atom stereocenters. The quantitative estimate of drug-likeness (QED) is 0.799. The third-order valence-electron chi connectivity index (χ3n) is 6.48. The monoisotopic (exact) mass is 346 g/mol. The van der Waals surface area contributed by atoms with Crippen molar-refractivity contribution in [3.63, 3.8) is 0 Å². The Hall–Kier alpha value is -2.46. The topological polar surface area (TPSA) is 40.6 Å². The first kappa shape index (κ1) is 15.8. The van der Waals surface area contributed by atoms with Crippen LogP contribution in [0, 0.1) is 5.92 Å². The van der Waals surface area contributed by atoms with Crippen molar-refractivity contribution in [2.75, 3.05) is 6.54 Å². The van der Waals surface area contributed by atoms with Crippen LogP contribution in [0.2, 0.25) is 0 Å². The lowest BCUT2D eigenvalue weighted by atomic mass is 10.0. The molecule has 26 heavy (non-hydrogen) atoms. The molecule has 2 aliphatic heterocycles. The number of hydrogen-bond acceptors (Lipinski definition) is 3. The van der Waals surface area contributed by atoms with Crippen LogP contribution >= 0.6 is 0 Å². The maximum atomic E-state index is 12.9. The second-order valence-corrected chi connectivity index (χ2v) is 7.70. The summed E-state index contributed by atoms with van der Waals surface area (Å²) in [6, 6.07) is 18.3. The second-order valence-electron chi connectivity index (χ2n) is 7.70. The maximum absolute atomic E-state index is 12.9. The zero-order chi connectivity index (χ0) is 17.8. The number of benzene rings is 2. The van der Waals surface area contributed by atoms with Gasteiger partial charge in [0.2, 0.25) is 0 Å². The number of rotatable bonds is 3. The third kappa shape index (κ3) is 2.12. The van der Waals surface area contributed by atoms with Gasteiger partial charge in [-0.15, -0.1) is 0 Å². The second kappa shape index (κ2) is 5.78. The minimum absolute atomic E-state index is 0.00793. The van der Waals surface area contributed by atoms with Gasteiger partial charge in [-0.25, -0.2) is 0 Å². The minimum Gasteiger partial charge on any atom is -0.291 e. The molecular formula is C22H22N2O2. The van der Waals surface area contributed by atoms with Crippen LogP contribution < -0.4 is 0 Å². The third-order valence-corrected chi connectivity index (χ3v) is 6.48. The molecule has 2 aromatic carbocycles. The van der Waals surface area contributed by atoms with Gasteiger partial charge < -0.3 is 0 Å². The van der Waals surface area contributed by atoms with E-state index in [0.717, 1.165) is 19.4 Å². The van der Waals surface area contributed by atoms with Gasteiger partial charge in [0.1, 0.15) is 0 Å². The molecule has 2 heterocycles. The van der Waals surface area contributed by atoms with E-state index in [-0.39, 0.29) is 23.9 Å². The highest BCUT2D eigenvalue weighted by Crippen LogP contribution is 2.46. The Morgan fingerprint density at radius 3 is 2.15 bits per heavy atom. The van der Waals surface area contributed by atoms with E-state index in [1.54, 1.807) is 17.0 Å². The number of nitrogens with zero attached hydrogens (tertiary/aromatic N) is 2. The van der Waals surface area contributed by atoms with E-state index in [1.165, 1.54) is 5.56 Å². The predicted octanol–water partition coefficient (Wildman–Crippen LogP) is 3.51. The van der Waals surface area contributed by atoms with E-state index in [2.05, 4.69) is 36.1 Å². The van der Waals surface area contributed by atoms with Crippen molar-refractivity contribution < 1.29 is 9.59 Å². The average Bonchev–Trinajstić information content (AvgIpc) is 3.32. The fourth-order valence-corrected chi connectivity index (χ4v) is 5.24. The van der Waals surface area contributed by atoms with E-state index < -0.39 is 0 Å². The van der Waals surface area contributed by atoms with Crippen LogP contribution in [0.25, 0.3) is 0 Å². The summed E-state index contributed by atoms with van der Waals surface area (Å²) >= 11 is 0. The molecular weight excluding hydrogens is 324 g/mol. The standard InChI is InChI=1S/C22H22N2O2/c1-14(15-7-3-2-4-8-15)23-13-16-11-12-19(23)20(16)24-21(25)17-9-5-6-10-18(17)22(24)26/h2-10,14,16,19-20H,11-13H2,1H3. The lowest BCUT2D eigenvalue weighted by Gasteiger charge is -2.34. The number of likely N-dealkylation sites (tertiary alicyclic amines) is 1. The van der Waals surface area contributed by atoms with Crippen LogP contribution in [0.3, 0.4) is 0 Å². The number of fused-ring (bicyclic) bond motifs is 3. The van der Waals surface area contributed by atoms with Gasteiger partial charge in [0.25, 0.3) is 11.8 Å². The highest BCUT2D eigenvalue weighted by molar-refractivity contribution is 6.21. The van der Waals surface area contributed by atoms with Crippen LogP contribution in [-0.2, 0) is 0 Å². The number of hydrogen-bond donors (Lipinski definition) is 0. The van der Waals surface area contributed by atoms with E-state index >= 15 is 0 Å². The van der Waals surface area contributed by atoms with Crippen LogP contribution in [0.4, 0.5) is 0 Å². The first-order chi connectivity index (χ1) is 12.7. The molecule has 4 nitrogen and oxygen atoms in total. The molecule has 0 radical (unpaired) electrons. The van der Waals surface area contributed by atoms with Crippen molar-refractivity contribution in [3.8, 4) is 0 Å². The lowest BCUT2D eigenvalue weighted by Crippen LogP contribution is -2.47. The minimum atomic E-state index is -0.110. The van der Waals surface area contributed by atoms with Gasteiger partial charge in [-0.3, -0.25) is 19.4 Å². The molecule has 1 saturated heterocycles. The van der Waals surface area contributed by atoms with Gasteiger partial charge >= 0.3 is 0 Å². The van der Waals surface area contributed by atoms with Crippen LogP contribution in [0.1, 0.15) is 52.1 Å². The summed E-state index contributed by atoms with van der Waals surface area (Å²) in [6.45, 7) is 3.19. The summed E-state index contributed by atoms with van der Waals surface area (Å²) in [7, 11) is 0. The van der Waals surface area contributed by atoms with Crippen molar-refractivity contribution >= 4 is 11.8 Å². The zero-order valence-corrected chi connectivity index (χ0v) is 14.8. The Bertz CT molecular complexity index is 844. The molecule has 1 aliphatic carbocycles. The summed E-state index contributed by atoms with van der Waals surface area (Å²) in [5.41, 5.74) is 2.42. The SMILES string of the molecule is CC(c1ccccc1)N1CC2CCC1C2N1C(=O)c2ccccc2C1=O. The maximum Gasteiger partial charge on any atom is 0.261 e. The summed E-state index contributed by atoms with van der Waals surface area (Å²) in [6.07, 6.45) is 2.15. The Morgan fingerprint density at radius 1 is 0.885 bits per heavy atom. The van der Waals surface area contributed by atoms with Crippen LogP contribution in [0.15, 0.2) is 54.6 Å². The smallest absolute Gasteiger partial charge is 0.261 e. The van der Waals surface area contributed by atoms with Gasteiger partial charge in [0, 0.05) is 18.6 Å². The molecule has 4 atom stereocenters. The largest absolute Gasteiger partial charge is 0.291 e. The van der Waals surface area contributed by atoms with Crippen molar-refractivity contribution in [2.24, 2.45) is 5.92 Å². The summed E-state index contributed by atoms with van der Waals surface area (Å²) in [5.74, 6) is 0.164. The molecule has 3 aliphatic rings. The lowest BCUT2D eigenvalue weighted by molar-refractivity contribution is 0.0536. The Labute approximate surface area is 153 Å². The van der Waals surface area contributed by atoms with Crippen LogP contribution in [0.5, 0.6) is 0 Å². The van der Waals surface area contributed by atoms with Gasteiger partial charge in [-0.2, -0.15) is 0 Å². The summed E-state index contributed by atoms with van der Waals surface area (Å²) in [5, 5.41) is 0. The molecule has 132 valence electrons. The molecule has 2 bridgehead atoms. The summed E-state index contributed by atoms with van der Waals surface area (Å²) < 4.78 is 0. The van der Waals surface area contributed by atoms with E-state index in [0.29, 0.717) is 23.1 Å². The van der Waals surface area contributed by atoms with Gasteiger partial charge in [0.05, 0.1) is 17.2 Å². The Kier molecular flexibility index (Phi) is 3.50. The fraction of sp³-hybridized carbons (Fsp3) is 0.364. The first-order valence-corrected chi connectivity index (χ1v) is 9.44. The number of amides is 2. The zero-order valence-electron chi connectivity index (χ0n) is 14.8. The van der Waals surface area contributed by atoms with E-state index in [1.807, 2.05) is 18.2 Å². The van der Waals surface area contributed by atoms with E-state index in [9.17, 15) is 9.59 Å². The number of imide groups is 1. The fourth-order valence-electron chi connectivity index (χ4n) is 5.24. The first-order valence-electron chi connectivity index (χ1n) is 9.44. The molecule has 2 fully saturated rings. The number of carbonyl (C=O) groups is 2. The molecule has 0 aromatic heterocycles. The van der Waals surface area contributed by atoms with Gasteiger partial charge in [-0.05, 0) is 43.4 Å². The molecule has 5 rings (SSSR count). The number of carbonyl (C=O) groups excluding carboxylic acids is 2. The van der Waals surface area contributed by atoms with E-state index in [4.69, 9.17) is 0 Å². The van der Waals surface area contributed by atoms with Crippen molar-refractivity contribution in [1.82, 2.24) is 9.80 Å². The van der Waals surface area contributed by atoms with Crippen molar-refractivity contribution in [2.45, 2.75) is 37.9 Å². The molecule has 2 amide bonds. The van der Waals surface area contributed by atoms with Crippen molar-refractivity contribution in [3.05, 3.63) is 71.3 Å². The average molecular weight is 346 g/mol. The molecule has 1 saturated carbocycles. The van der Waals surface area contributed by atoms with Crippen LogP contribution in [-0.4, -0.2) is 40.2 Å². The van der Waals surface area contributed by atoms with Crippen molar-refractivity contribution in [1.29, 1.82) is 0 Å². The Morgan fingerprint density at radius 2 is 1.50 bits per heavy atom. The molecule has 0 spiro atoms. The molecule has 4 heteroatoms. The predicted molar refractivity (Wildman–Crippen MR) is 98.8 cm³/mol. The highest BCUT2D eigenvalue weighted by atomic mass is 16.2. The molecule has 2 aromatic rings.